The monoisotopic (exact) mass is 414 g/mol. The molecular formula is C25H38N2O3. The molecule has 0 atom stereocenters. The molecular weight excluding hydrogens is 376 g/mol. The van der Waals surface area contributed by atoms with Gasteiger partial charge in [-0.3, -0.25) is 4.79 Å². The van der Waals surface area contributed by atoms with Crippen LogP contribution in [0.2, 0.25) is 0 Å². The van der Waals surface area contributed by atoms with E-state index in [1.54, 1.807) is 0 Å². The molecule has 30 heavy (non-hydrogen) atoms. The van der Waals surface area contributed by atoms with Crippen molar-refractivity contribution in [2.75, 3.05) is 19.6 Å². The number of hydrogen-bond donors (Lipinski definition) is 2. The van der Waals surface area contributed by atoms with Crippen LogP contribution in [0.4, 0.5) is 0 Å². The maximum absolute atomic E-state index is 10.6. The van der Waals surface area contributed by atoms with E-state index in [2.05, 4.69) is 53.6 Å². The number of nitrogens with one attached hydrogen (secondary N) is 1. The Kier molecular flexibility index (Phi) is 10.2. The van der Waals surface area contributed by atoms with Crippen LogP contribution in [-0.4, -0.2) is 54.5 Å². The van der Waals surface area contributed by atoms with Crippen LogP contribution in [-0.2, 0) is 9.59 Å². The van der Waals surface area contributed by atoms with E-state index in [0.717, 1.165) is 38.1 Å². The van der Waals surface area contributed by atoms with E-state index < -0.39 is 5.97 Å². The highest BCUT2D eigenvalue weighted by atomic mass is 16.4. The maximum Gasteiger partial charge on any atom is 0.304 e. The summed E-state index contributed by atoms with van der Waals surface area (Å²) in [5.74, 6) is -0.673. The van der Waals surface area contributed by atoms with Crippen molar-refractivity contribution in [1.82, 2.24) is 10.2 Å². The zero-order valence-corrected chi connectivity index (χ0v) is 18.4. The third-order valence-electron chi connectivity index (χ3n) is 6.31. The van der Waals surface area contributed by atoms with Crippen molar-refractivity contribution in [2.45, 2.75) is 70.4 Å². The van der Waals surface area contributed by atoms with Gasteiger partial charge in [0.1, 0.15) is 6.79 Å². The van der Waals surface area contributed by atoms with Gasteiger partial charge < -0.3 is 20.1 Å². The zero-order chi connectivity index (χ0) is 21.8. The fourth-order valence-electron chi connectivity index (χ4n) is 4.42. The van der Waals surface area contributed by atoms with E-state index in [0.29, 0.717) is 11.8 Å². The summed E-state index contributed by atoms with van der Waals surface area (Å²) in [6.45, 7) is 7.07. The highest BCUT2D eigenvalue weighted by Crippen LogP contribution is 2.49. The number of carboxylic acids is 1. The fourth-order valence-corrected chi connectivity index (χ4v) is 4.42. The minimum Gasteiger partial charge on any atom is -0.481 e. The summed E-state index contributed by atoms with van der Waals surface area (Å²) in [7, 11) is 0. The summed E-state index contributed by atoms with van der Waals surface area (Å²) in [6.07, 6.45) is 13.7. The van der Waals surface area contributed by atoms with Gasteiger partial charge in [0.2, 0.25) is 0 Å². The summed E-state index contributed by atoms with van der Waals surface area (Å²) >= 11 is 0. The number of hydrogen-bond acceptors (Lipinski definition) is 4. The first-order valence-corrected chi connectivity index (χ1v) is 11.3. The quantitative estimate of drug-likeness (QED) is 0.693. The standard InChI is InChI=1S/C14H24N2O2.C10H12.CH2O/c17-13(18)3-6-16-7-4-14(5-8-16)9-12(10-14)15-11-1-2-11;1-2-3-7-10-8-5-4-6-9-10;1-2/h11-12,15H,1-10H2,(H,17,18);3-9H,2H2,1H3;1H2/b;7-3-;. The Bertz CT molecular complexity index is 642. The van der Waals surface area contributed by atoms with Gasteiger partial charge in [-0.15, -0.1) is 0 Å². The number of piperidine rings is 1. The SMILES string of the molecule is C=O.CC/C=C\c1ccccc1.O=C(O)CCN1CCC2(CC1)CC(NC1CC1)C2. The van der Waals surface area contributed by atoms with Crippen LogP contribution in [0, 0.1) is 5.41 Å². The Labute approximate surface area is 181 Å². The molecule has 1 aromatic carbocycles. The molecule has 3 aliphatic rings. The Balaban J connectivity index is 0.000000228. The lowest BCUT2D eigenvalue weighted by Gasteiger charge is -2.52. The number of allylic oxidation sites excluding steroid dienone is 1. The Hall–Kier alpha value is -1.98. The molecule has 3 fully saturated rings. The van der Waals surface area contributed by atoms with Crippen molar-refractivity contribution in [3.05, 3.63) is 42.0 Å². The second kappa shape index (κ2) is 12.7. The van der Waals surface area contributed by atoms with Gasteiger partial charge in [0, 0.05) is 18.6 Å². The topological polar surface area (TPSA) is 69.6 Å². The Morgan fingerprint density at radius 3 is 2.33 bits per heavy atom. The molecule has 2 aliphatic carbocycles. The van der Waals surface area contributed by atoms with Crippen molar-refractivity contribution in [3.8, 4) is 0 Å². The number of likely N-dealkylation sites (tertiary alicyclic amines) is 1. The number of nitrogens with zero attached hydrogens (tertiary/aromatic N) is 1. The predicted molar refractivity (Wildman–Crippen MR) is 122 cm³/mol. The van der Waals surface area contributed by atoms with E-state index in [9.17, 15) is 4.79 Å². The molecule has 5 heteroatoms. The zero-order valence-electron chi connectivity index (χ0n) is 18.4. The first-order valence-electron chi connectivity index (χ1n) is 11.3. The number of benzene rings is 1. The third kappa shape index (κ3) is 8.41. The normalized spacial score (nSPS) is 20.6. The van der Waals surface area contributed by atoms with Gasteiger partial charge in [-0.25, -0.2) is 0 Å². The van der Waals surface area contributed by atoms with Crippen LogP contribution in [0.5, 0.6) is 0 Å². The van der Waals surface area contributed by atoms with Gasteiger partial charge in [-0.05, 0) is 69.0 Å². The molecule has 0 unspecified atom stereocenters. The van der Waals surface area contributed by atoms with Crippen LogP contribution >= 0.6 is 0 Å². The molecule has 1 spiro atoms. The van der Waals surface area contributed by atoms with E-state index in [4.69, 9.17) is 9.90 Å². The molecule has 0 aromatic heterocycles. The molecule has 0 radical (unpaired) electrons. The average molecular weight is 415 g/mol. The highest BCUT2D eigenvalue weighted by Gasteiger charge is 2.46. The van der Waals surface area contributed by atoms with Crippen LogP contribution in [0.1, 0.15) is 63.9 Å². The second-order valence-electron chi connectivity index (χ2n) is 8.75. The number of carbonyl (C=O) groups is 2. The van der Waals surface area contributed by atoms with Gasteiger partial charge in [0.25, 0.3) is 0 Å². The summed E-state index contributed by atoms with van der Waals surface area (Å²) < 4.78 is 0. The molecule has 1 heterocycles. The first kappa shape index (κ1) is 24.3. The molecule has 0 bridgehead atoms. The summed E-state index contributed by atoms with van der Waals surface area (Å²) in [5, 5.41) is 12.4. The van der Waals surface area contributed by atoms with Gasteiger partial charge in [-0.2, -0.15) is 0 Å². The van der Waals surface area contributed by atoms with Crippen molar-refractivity contribution in [2.24, 2.45) is 5.41 Å². The molecule has 1 aromatic rings. The number of carbonyl (C=O) groups excluding carboxylic acids is 1. The van der Waals surface area contributed by atoms with Crippen LogP contribution in [0.3, 0.4) is 0 Å². The van der Waals surface area contributed by atoms with E-state index in [1.807, 2.05) is 12.9 Å². The van der Waals surface area contributed by atoms with E-state index in [1.165, 1.54) is 44.1 Å². The lowest BCUT2D eigenvalue weighted by atomic mass is 9.60. The van der Waals surface area contributed by atoms with Crippen LogP contribution < -0.4 is 5.32 Å². The molecule has 4 rings (SSSR count). The lowest BCUT2D eigenvalue weighted by Crippen LogP contribution is -2.54. The van der Waals surface area contributed by atoms with Gasteiger partial charge in [0.15, 0.2) is 0 Å². The van der Waals surface area contributed by atoms with Crippen molar-refractivity contribution >= 4 is 18.8 Å². The second-order valence-corrected chi connectivity index (χ2v) is 8.75. The van der Waals surface area contributed by atoms with Crippen molar-refractivity contribution in [3.63, 3.8) is 0 Å². The summed E-state index contributed by atoms with van der Waals surface area (Å²) in [6, 6.07) is 12.0. The molecule has 166 valence electrons. The van der Waals surface area contributed by atoms with Crippen LogP contribution in [0.25, 0.3) is 6.08 Å². The number of aliphatic carboxylic acids is 1. The number of rotatable bonds is 7. The van der Waals surface area contributed by atoms with E-state index >= 15 is 0 Å². The Morgan fingerprint density at radius 1 is 1.17 bits per heavy atom. The van der Waals surface area contributed by atoms with Gasteiger partial charge in [0.05, 0.1) is 6.42 Å². The molecule has 0 amide bonds. The van der Waals surface area contributed by atoms with E-state index in [-0.39, 0.29) is 0 Å². The minimum absolute atomic E-state index is 0.291. The number of carboxylic acid groups (broad SMARTS) is 1. The molecule has 2 N–H and O–H groups in total. The maximum atomic E-state index is 10.6. The minimum atomic E-state index is -0.673. The van der Waals surface area contributed by atoms with Crippen molar-refractivity contribution < 1.29 is 14.7 Å². The highest BCUT2D eigenvalue weighted by molar-refractivity contribution is 5.66. The Morgan fingerprint density at radius 2 is 1.80 bits per heavy atom. The first-order chi connectivity index (χ1) is 14.6. The average Bonchev–Trinajstić information content (AvgIpc) is 3.57. The molecule has 5 nitrogen and oxygen atoms in total. The largest absolute Gasteiger partial charge is 0.481 e. The molecule has 2 saturated carbocycles. The van der Waals surface area contributed by atoms with Crippen molar-refractivity contribution in [1.29, 1.82) is 0 Å². The molecule has 1 saturated heterocycles. The van der Waals surface area contributed by atoms with Crippen LogP contribution in [0.15, 0.2) is 36.4 Å². The summed E-state index contributed by atoms with van der Waals surface area (Å²) in [4.78, 5) is 20.9. The lowest BCUT2D eigenvalue weighted by molar-refractivity contribution is -0.137. The smallest absolute Gasteiger partial charge is 0.304 e. The predicted octanol–water partition coefficient (Wildman–Crippen LogP) is 4.38. The van der Waals surface area contributed by atoms with Gasteiger partial charge >= 0.3 is 5.97 Å². The summed E-state index contributed by atoms with van der Waals surface area (Å²) in [5.41, 5.74) is 1.89. The third-order valence-corrected chi connectivity index (χ3v) is 6.31. The molecule has 1 aliphatic heterocycles. The van der Waals surface area contributed by atoms with Gasteiger partial charge in [-0.1, -0.05) is 49.4 Å². The fraction of sp³-hybridized carbons (Fsp3) is 0.600.